The maximum absolute atomic E-state index is 13.6. The first-order valence-electron chi connectivity index (χ1n) is 21.5. The highest BCUT2D eigenvalue weighted by Crippen LogP contribution is 2.52. The van der Waals surface area contributed by atoms with Crippen LogP contribution in [0.5, 0.6) is 23.0 Å². The van der Waals surface area contributed by atoms with Crippen LogP contribution in [0.15, 0.2) is 101 Å². The van der Waals surface area contributed by atoms with Gasteiger partial charge in [0, 0.05) is 12.2 Å². The highest BCUT2D eigenvalue weighted by Gasteiger charge is 2.45. The molecule has 8 nitrogen and oxygen atoms in total. The summed E-state index contributed by atoms with van der Waals surface area (Å²) < 4.78 is 0. The molecule has 0 aliphatic heterocycles. The number of carbonyl (C=O) groups is 2. The second kappa shape index (κ2) is 18.6. The fourth-order valence-electron chi connectivity index (χ4n) is 8.70. The van der Waals surface area contributed by atoms with Crippen molar-refractivity contribution < 1.29 is 40.2 Å². The molecule has 0 fully saturated rings. The molecule has 63 heavy (non-hydrogen) atoms. The Morgan fingerprint density at radius 2 is 0.905 bits per heavy atom. The van der Waals surface area contributed by atoms with Gasteiger partial charge in [0.1, 0.15) is 34.5 Å². The van der Waals surface area contributed by atoms with Gasteiger partial charge in [0.25, 0.3) is 0 Å². The van der Waals surface area contributed by atoms with Crippen LogP contribution in [0.2, 0.25) is 0 Å². The first-order chi connectivity index (χ1) is 29.4. The second-order valence-corrected chi connectivity index (χ2v) is 18.7. The summed E-state index contributed by atoms with van der Waals surface area (Å²) in [6, 6.07) is 8.82. The number of benzene rings is 4. The molecular weight excluding hydrogens is 789 g/mol. The van der Waals surface area contributed by atoms with Gasteiger partial charge >= 0.3 is 0 Å². The molecule has 0 radical (unpaired) electrons. The van der Waals surface area contributed by atoms with Gasteiger partial charge in [0.15, 0.2) is 11.6 Å². The van der Waals surface area contributed by atoms with Crippen molar-refractivity contribution >= 4 is 44.6 Å². The summed E-state index contributed by atoms with van der Waals surface area (Å²) in [6.45, 7) is 23.8. The van der Waals surface area contributed by atoms with Crippen molar-refractivity contribution in [2.75, 3.05) is 0 Å². The van der Waals surface area contributed by atoms with E-state index in [-0.39, 0.29) is 62.6 Å². The summed E-state index contributed by atoms with van der Waals surface area (Å²) in [5, 5.41) is 66.9. The van der Waals surface area contributed by atoms with Crippen LogP contribution in [0.25, 0.3) is 33.1 Å². The van der Waals surface area contributed by atoms with Crippen LogP contribution in [0.3, 0.4) is 0 Å². The van der Waals surface area contributed by atoms with E-state index in [0.29, 0.717) is 59.4 Å². The van der Waals surface area contributed by atoms with Crippen LogP contribution in [0.4, 0.5) is 0 Å². The summed E-state index contributed by atoms with van der Waals surface area (Å²) >= 11 is 0. The first-order valence-corrected chi connectivity index (χ1v) is 21.5. The normalized spacial score (nSPS) is 14.6. The Hall–Kier alpha value is -6.28. The molecule has 0 saturated carbocycles. The SMILES string of the molecule is CC(C)=CCC1(CC=C(C)C)C(=O)C=C(O)c2c1cc1cc(C)cc(O)c1c2O.CC(C)=CCc1c(C)cc(O)c2c(O)c3c(cc12)C(CC=C(C)C)(CC=C(C)C)C(=O)C=C3O. The lowest BCUT2D eigenvalue weighted by Crippen LogP contribution is -2.37. The van der Waals surface area contributed by atoms with Gasteiger partial charge in [-0.05, 0) is 178 Å². The smallest absolute Gasteiger partial charge is 0.170 e. The number of carbonyl (C=O) groups excluding carboxylic acids is 2. The average molecular weight is 853 g/mol. The van der Waals surface area contributed by atoms with Gasteiger partial charge in [-0.2, -0.15) is 0 Å². The van der Waals surface area contributed by atoms with Crippen LogP contribution in [0, 0.1) is 13.8 Å². The predicted molar refractivity (Wildman–Crippen MR) is 258 cm³/mol. The third-order valence-corrected chi connectivity index (χ3v) is 12.2. The molecule has 0 aromatic heterocycles. The maximum atomic E-state index is 13.6. The summed E-state index contributed by atoms with van der Waals surface area (Å²) in [5.41, 5.74) is 8.00. The fraction of sp³-hybridized carbons (Fsp3) is 0.345. The van der Waals surface area contributed by atoms with Crippen LogP contribution in [0.1, 0.15) is 134 Å². The van der Waals surface area contributed by atoms with Gasteiger partial charge in [0.2, 0.25) is 0 Å². The van der Waals surface area contributed by atoms with Crippen molar-refractivity contribution in [1.82, 2.24) is 0 Å². The third kappa shape index (κ3) is 9.41. The van der Waals surface area contributed by atoms with E-state index in [1.54, 1.807) is 12.1 Å². The summed E-state index contributed by atoms with van der Waals surface area (Å²) in [4.78, 5) is 26.8. The number of hydrogen-bond donors (Lipinski definition) is 6. The lowest BCUT2D eigenvalue weighted by molar-refractivity contribution is -0.120. The minimum Gasteiger partial charge on any atom is -0.507 e. The van der Waals surface area contributed by atoms with E-state index in [1.165, 1.54) is 17.7 Å². The molecule has 6 rings (SSSR count). The zero-order valence-electron chi connectivity index (χ0n) is 39.0. The van der Waals surface area contributed by atoms with Gasteiger partial charge in [0.05, 0.1) is 32.7 Å². The molecule has 332 valence electrons. The van der Waals surface area contributed by atoms with Crippen LogP contribution >= 0.6 is 0 Å². The van der Waals surface area contributed by atoms with Gasteiger partial charge < -0.3 is 30.6 Å². The predicted octanol–water partition coefficient (Wildman–Crippen LogP) is 13.5. The van der Waals surface area contributed by atoms with Crippen molar-refractivity contribution in [3.63, 3.8) is 0 Å². The summed E-state index contributed by atoms with van der Waals surface area (Å²) in [7, 11) is 0. The molecule has 4 aromatic carbocycles. The molecule has 6 N–H and O–H groups in total. The monoisotopic (exact) mass is 852 g/mol. The number of phenolic OH excluding ortho intramolecular Hbond substituents is 4. The average Bonchev–Trinajstić information content (AvgIpc) is 3.16. The van der Waals surface area contributed by atoms with E-state index in [0.717, 1.165) is 39.0 Å². The number of allylic oxidation sites excluding steroid dienone is 12. The topological polar surface area (TPSA) is 156 Å². The molecule has 8 heteroatoms. The molecule has 2 aliphatic rings. The molecular formula is C55H64O8. The lowest BCUT2D eigenvalue weighted by atomic mass is 9.65. The van der Waals surface area contributed by atoms with Crippen molar-refractivity contribution in [1.29, 1.82) is 0 Å². The lowest BCUT2D eigenvalue weighted by Gasteiger charge is -2.36. The Morgan fingerprint density at radius 1 is 0.508 bits per heavy atom. The number of aryl methyl sites for hydroxylation is 2. The molecule has 0 heterocycles. The van der Waals surface area contributed by atoms with Gasteiger partial charge in [-0.25, -0.2) is 0 Å². The standard InChI is InChI=1S/C30H36O4.C25H28O4/c1-17(2)8-9-21-20(7)14-24(31)27-22(21)15-23-28(29(27)34)25(32)16-26(33)30(23,12-10-18(3)4)13-11-19(5)6;1-14(2)6-8-25(9-7-15(3)4)18-12-17-10-16(5)11-19(26)22(17)24(29)23(18)20(27)13-21(25)28/h8,10-11,14-16,31-32,34H,9,12-13H2,1-7H3;6-7,10-13,26-27,29H,8-9H2,1-5H3. The maximum Gasteiger partial charge on any atom is 0.170 e. The van der Waals surface area contributed by atoms with E-state index in [1.807, 2.05) is 126 Å². The van der Waals surface area contributed by atoms with Crippen molar-refractivity contribution in [3.05, 3.63) is 140 Å². The minimum atomic E-state index is -0.963. The van der Waals surface area contributed by atoms with Crippen molar-refractivity contribution in [2.45, 2.75) is 126 Å². The number of aliphatic hydroxyl groups is 2. The van der Waals surface area contributed by atoms with Gasteiger partial charge in [-0.3, -0.25) is 9.59 Å². The molecule has 2 aliphatic carbocycles. The quantitative estimate of drug-likeness (QED) is 0.0862. The molecule has 4 aromatic rings. The number of aromatic hydroxyl groups is 4. The van der Waals surface area contributed by atoms with Crippen LogP contribution in [-0.4, -0.2) is 42.2 Å². The Kier molecular flexibility index (Phi) is 14.1. The summed E-state index contributed by atoms with van der Waals surface area (Å²) in [5.74, 6) is -1.40. The molecule has 0 saturated heterocycles. The Balaban J connectivity index is 0.000000240. The zero-order valence-corrected chi connectivity index (χ0v) is 39.0. The Bertz CT molecular complexity index is 2700. The van der Waals surface area contributed by atoms with Crippen molar-refractivity contribution in [3.8, 4) is 23.0 Å². The molecule has 0 spiro atoms. The zero-order chi connectivity index (χ0) is 46.9. The molecule has 0 amide bonds. The fourth-order valence-corrected chi connectivity index (χ4v) is 8.70. The highest BCUT2D eigenvalue weighted by atomic mass is 16.3. The minimum absolute atomic E-state index is 0.0438. The number of fused-ring (bicyclic) bond motifs is 4. The first kappa shape index (κ1) is 47.8. The molecule has 0 unspecified atom stereocenters. The second-order valence-electron chi connectivity index (χ2n) is 18.7. The number of phenols is 4. The number of rotatable bonds is 10. The van der Waals surface area contributed by atoms with E-state index < -0.39 is 10.8 Å². The van der Waals surface area contributed by atoms with E-state index in [2.05, 4.69) is 6.08 Å². The van der Waals surface area contributed by atoms with E-state index >= 15 is 0 Å². The third-order valence-electron chi connectivity index (χ3n) is 12.2. The number of ketones is 2. The van der Waals surface area contributed by atoms with E-state index in [9.17, 15) is 40.2 Å². The van der Waals surface area contributed by atoms with Crippen molar-refractivity contribution in [2.24, 2.45) is 0 Å². The van der Waals surface area contributed by atoms with Gasteiger partial charge in [-0.1, -0.05) is 64.3 Å². The van der Waals surface area contributed by atoms with Gasteiger partial charge in [-0.15, -0.1) is 0 Å². The van der Waals surface area contributed by atoms with Crippen LogP contribution < -0.4 is 0 Å². The highest BCUT2D eigenvalue weighted by molar-refractivity contribution is 6.12. The van der Waals surface area contributed by atoms with Crippen LogP contribution in [-0.2, 0) is 26.8 Å². The Labute approximate surface area is 372 Å². The Morgan fingerprint density at radius 3 is 1.33 bits per heavy atom. The largest absolute Gasteiger partial charge is 0.507 e. The number of aliphatic hydroxyl groups excluding tert-OH is 2. The number of hydrogen-bond acceptors (Lipinski definition) is 8. The molecule has 0 atom stereocenters. The summed E-state index contributed by atoms with van der Waals surface area (Å²) in [6.07, 6.45) is 15.1. The molecule has 0 bridgehead atoms. The van der Waals surface area contributed by atoms with E-state index in [4.69, 9.17) is 0 Å².